The number of unbranched alkanes of at least 4 members (excludes halogenated alkanes) is 3. The molecule has 0 rings (SSSR count). The van der Waals surface area contributed by atoms with Gasteiger partial charge < -0.3 is 31.2 Å². The van der Waals surface area contributed by atoms with E-state index in [1.54, 1.807) is 13.8 Å². The van der Waals surface area contributed by atoms with Crippen LogP contribution in [0.5, 0.6) is 0 Å². The molecule has 0 spiro atoms. The Balaban J connectivity index is 3.26. The van der Waals surface area contributed by atoms with Gasteiger partial charge in [-0.15, -0.1) is 0 Å². The number of hydrogen-bond acceptors (Lipinski definition) is 6. The van der Waals surface area contributed by atoms with Crippen LogP contribution < -0.4 is 11.5 Å². The van der Waals surface area contributed by atoms with Crippen LogP contribution in [0.15, 0.2) is 0 Å². The van der Waals surface area contributed by atoms with Gasteiger partial charge in [-0.05, 0) is 26.7 Å². The fraction of sp³-hybridized carbons (Fsp3) is 1.00. The average molecular weight is 292 g/mol. The predicted octanol–water partition coefficient (Wildman–Crippen LogP) is -0.000600. The molecule has 0 bridgehead atoms. The molecule has 6 heteroatoms. The summed E-state index contributed by atoms with van der Waals surface area (Å²) >= 11 is 0. The van der Waals surface area contributed by atoms with Crippen LogP contribution in [0.4, 0.5) is 0 Å². The zero-order valence-electron chi connectivity index (χ0n) is 12.9. The molecule has 0 fully saturated rings. The van der Waals surface area contributed by atoms with Crippen LogP contribution in [0.2, 0.25) is 0 Å². The molecule has 0 radical (unpaired) electrons. The third-order valence-electron chi connectivity index (χ3n) is 2.91. The standard InChI is InChI=1S/C14H32N2O4/c1-13(15,9-17)11-19-7-5-3-4-6-8-20-12-14(2,16)10-18/h17-18H,3-12,15-16H2,1-2H3. The summed E-state index contributed by atoms with van der Waals surface area (Å²) in [4.78, 5) is 0. The maximum Gasteiger partial charge on any atom is 0.0665 e. The minimum atomic E-state index is -0.643. The Morgan fingerprint density at radius 1 is 0.750 bits per heavy atom. The molecule has 0 aromatic heterocycles. The monoisotopic (exact) mass is 292 g/mol. The third kappa shape index (κ3) is 11.6. The van der Waals surface area contributed by atoms with E-state index in [4.69, 9.17) is 31.2 Å². The summed E-state index contributed by atoms with van der Waals surface area (Å²) in [5.41, 5.74) is 10.2. The molecule has 2 atom stereocenters. The normalized spacial score (nSPS) is 17.7. The Morgan fingerprint density at radius 3 is 1.40 bits per heavy atom. The lowest BCUT2D eigenvalue weighted by Crippen LogP contribution is -2.45. The van der Waals surface area contributed by atoms with Crippen LogP contribution in [0, 0.1) is 0 Å². The first-order chi connectivity index (χ1) is 9.33. The first-order valence-electron chi connectivity index (χ1n) is 7.28. The molecule has 0 aliphatic heterocycles. The molecule has 0 saturated heterocycles. The predicted molar refractivity (Wildman–Crippen MR) is 79.5 cm³/mol. The van der Waals surface area contributed by atoms with Crippen molar-refractivity contribution >= 4 is 0 Å². The Kier molecular flexibility index (Phi) is 10.4. The number of aliphatic hydroxyl groups is 2. The summed E-state index contributed by atoms with van der Waals surface area (Å²) in [6.07, 6.45) is 4.10. The highest BCUT2D eigenvalue weighted by Crippen LogP contribution is 2.04. The van der Waals surface area contributed by atoms with Gasteiger partial charge in [-0.2, -0.15) is 0 Å². The molecule has 122 valence electrons. The number of rotatable bonds is 13. The maximum atomic E-state index is 8.95. The van der Waals surface area contributed by atoms with Crippen LogP contribution in [-0.2, 0) is 9.47 Å². The Morgan fingerprint density at radius 2 is 1.10 bits per heavy atom. The molecule has 0 aliphatic carbocycles. The average Bonchev–Trinajstić information content (AvgIpc) is 2.41. The quantitative estimate of drug-likeness (QED) is 0.356. The van der Waals surface area contributed by atoms with Gasteiger partial charge in [0, 0.05) is 13.2 Å². The van der Waals surface area contributed by atoms with Crippen molar-refractivity contribution in [2.24, 2.45) is 11.5 Å². The van der Waals surface area contributed by atoms with Gasteiger partial charge in [-0.1, -0.05) is 12.8 Å². The highest BCUT2D eigenvalue weighted by molar-refractivity contribution is 4.76. The van der Waals surface area contributed by atoms with Crippen molar-refractivity contribution in [3.63, 3.8) is 0 Å². The summed E-state index contributed by atoms with van der Waals surface area (Å²) in [5.74, 6) is 0. The smallest absolute Gasteiger partial charge is 0.0665 e. The molecule has 20 heavy (non-hydrogen) atoms. The van der Waals surface area contributed by atoms with E-state index in [9.17, 15) is 0 Å². The Hall–Kier alpha value is -0.240. The van der Waals surface area contributed by atoms with Crippen molar-refractivity contribution < 1.29 is 19.7 Å². The lowest BCUT2D eigenvalue weighted by atomic mass is 10.1. The topological polar surface area (TPSA) is 111 Å². The molecular formula is C14H32N2O4. The van der Waals surface area contributed by atoms with E-state index in [0.717, 1.165) is 25.7 Å². The van der Waals surface area contributed by atoms with Gasteiger partial charge in [-0.25, -0.2) is 0 Å². The van der Waals surface area contributed by atoms with Crippen molar-refractivity contribution in [2.45, 2.75) is 50.6 Å². The molecular weight excluding hydrogens is 260 g/mol. The zero-order valence-corrected chi connectivity index (χ0v) is 12.9. The van der Waals surface area contributed by atoms with Gasteiger partial charge in [0.1, 0.15) is 0 Å². The SMILES string of the molecule is CC(N)(CO)COCCCCCCOCC(C)(N)CO. The summed E-state index contributed by atoms with van der Waals surface area (Å²) in [5, 5.41) is 17.9. The van der Waals surface area contributed by atoms with Crippen molar-refractivity contribution in [3.05, 3.63) is 0 Å². The molecule has 6 N–H and O–H groups in total. The van der Waals surface area contributed by atoms with E-state index in [1.165, 1.54) is 0 Å². The molecule has 6 nitrogen and oxygen atoms in total. The first-order valence-corrected chi connectivity index (χ1v) is 7.28. The lowest BCUT2D eigenvalue weighted by molar-refractivity contribution is 0.0562. The number of nitrogens with two attached hydrogens (primary N) is 2. The first kappa shape index (κ1) is 19.8. The summed E-state index contributed by atoms with van der Waals surface area (Å²) in [6, 6.07) is 0. The zero-order chi connectivity index (χ0) is 15.5. The van der Waals surface area contributed by atoms with Gasteiger partial charge in [0.05, 0.1) is 37.5 Å². The molecule has 2 unspecified atom stereocenters. The van der Waals surface area contributed by atoms with Gasteiger partial charge >= 0.3 is 0 Å². The van der Waals surface area contributed by atoms with Gasteiger partial charge in [0.2, 0.25) is 0 Å². The van der Waals surface area contributed by atoms with Crippen molar-refractivity contribution in [1.82, 2.24) is 0 Å². The number of aliphatic hydroxyl groups excluding tert-OH is 2. The van der Waals surface area contributed by atoms with Crippen molar-refractivity contribution in [1.29, 1.82) is 0 Å². The van der Waals surface area contributed by atoms with Crippen LogP contribution in [0.1, 0.15) is 39.5 Å². The van der Waals surface area contributed by atoms with Gasteiger partial charge in [0.15, 0.2) is 0 Å². The summed E-state index contributed by atoms with van der Waals surface area (Å²) in [6.45, 7) is 5.48. The van der Waals surface area contributed by atoms with E-state index in [1.807, 2.05) is 0 Å². The van der Waals surface area contributed by atoms with Crippen LogP contribution in [0.3, 0.4) is 0 Å². The maximum absolute atomic E-state index is 8.95. The molecule has 0 saturated carbocycles. The van der Waals surface area contributed by atoms with E-state index in [2.05, 4.69) is 0 Å². The minimum Gasteiger partial charge on any atom is -0.394 e. The molecule has 0 aromatic carbocycles. The number of ether oxygens (including phenoxy) is 2. The molecule has 0 aliphatic rings. The molecule has 0 aromatic rings. The van der Waals surface area contributed by atoms with Crippen LogP contribution >= 0.6 is 0 Å². The second kappa shape index (κ2) is 10.5. The number of hydrogen-bond donors (Lipinski definition) is 4. The highest BCUT2D eigenvalue weighted by atomic mass is 16.5. The minimum absolute atomic E-state index is 0.0712. The Bertz CT molecular complexity index is 211. The fourth-order valence-corrected chi connectivity index (χ4v) is 1.46. The largest absolute Gasteiger partial charge is 0.394 e. The molecule has 0 heterocycles. The highest BCUT2D eigenvalue weighted by Gasteiger charge is 2.17. The van der Waals surface area contributed by atoms with Crippen LogP contribution in [0.25, 0.3) is 0 Å². The summed E-state index contributed by atoms with van der Waals surface area (Å²) < 4.78 is 10.8. The second-order valence-electron chi connectivity index (χ2n) is 6.14. The lowest BCUT2D eigenvalue weighted by Gasteiger charge is -2.21. The Labute approximate surface area is 122 Å². The van der Waals surface area contributed by atoms with E-state index < -0.39 is 11.1 Å². The second-order valence-corrected chi connectivity index (χ2v) is 6.14. The van der Waals surface area contributed by atoms with Crippen LogP contribution in [-0.4, -0.2) is 60.9 Å². The van der Waals surface area contributed by atoms with Gasteiger partial charge in [-0.3, -0.25) is 0 Å². The van der Waals surface area contributed by atoms with E-state index >= 15 is 0 Å². The van der Waals surface area contributed by atoms with E-state index in [0.29, 0.717) is 26.4 Å². The third-order valence-corrected chi connectivity index (χ3v) is 2.91. The van der Waals surface area contributed by atoms with E-state index in [-0.39, 0.29) is 13.2 Å². The fourth-order valence-electron chi connectivity index (χ4n) is 1.46. The van der Waals surface area contributed by atoms with Gasteiger partial charge in [0.25, 0.3) is 0 Å². The van der Waals surface area contributed by atoms with Crippen molar-refractivity contribution in [3.8, 4) is 0 Å². The summed E-state index contributed by atoms with van der Waals surface area (Å²) in [7, 11) is 0. The van der Waals surface area contributed by atoms with Crippen molar-refractivity contribution in [2.75, 3.05) is 39.6 Å². The molecule has 0 amide bonds.